The van der Waals surface area contributed by atoms with E-state index in [9.17, 15) is 5.11 Å². The first kappa shape index (κ1) is 12.0. The normalized spacial score (nSPS) is 21.2. The molecule has 0 aromatic carbocycles. The predicted octanol–water partition coefficient (Wildman–Crippen LogP) is 1.11. The summed E-state index contributed by atoms with van der Waals surface area (Å²) < 4.78 is 5.53. The molecule has 0 aromatic rings. The molecular weight excluding hydrogens is 178 g/mol. The van der Waals surface area contributed by atoms with Crippen LogP contribution in [0, 0.1) is 5.92 Å². The van der Waals surface area contributed by atoms with Crippen LogP contribution in [0.5, 0.6) is 0 Å². The molecule has 0 aromatic heterocycles. The molecule has 0 spiro atoms. The Kier molecular flexibility index (Phi) is 4.85. The van der Waals surface area contributed by atoms with Gasteiger partial charge in [-0.25, -0.2) is 0 Å². The second-order valence-corrected chi connectivity index (χ2v) is 4.48. The molecule has 0 heterocycles. The maximum absolute atomic E-state index is 9.36. The molecule has 0 aliphatic heterocycles. The zero-order chi connectivity index (χ0) is 10.6. The smallest absolute Gasteiger partial charge is 0.0664 e. The third-order valence-corrected chi connectivity index (χ3v) is 3.03. The summed E-state index contributed by atoms with van der Waals surface area (Å²) in [5.41, 5.74) is 0. The van der Waals surface area contributed by atoms with E-state index in [0.717, 1.165) is 25.7 Å². The Hall–Kier alpha value is -0.120. The van der Waals surface area contributed by atoms with Crippen molar-refractivity contribution in [1.29, 1.82) is 0 Å². The summed E-state index contributed by atoms with van der Waals surface area (Å²) in [5, 5.41) is 9.36. The van der Waals surface area contributed by atoms with Gasteiger partial charge in [0.1, 0.15) is 0 Å². The fourth-order valence-corrected chi connectivity index (χ4v) is 1.31. The summed E-state index contributed by atoms with van der Waals surface area (Å²) in [7, 11) is 2.03. The quantitative estimate of drug-likeness (QED) is 0.626. The van der Waals surface area contributed by atoms with Gasteiger partial charge in [-0.1, -0.05) is 0 Å². The number of hydrogen-bond donors (Lipinski definition) is 1. The van der Waals surface area contributed by atoms with Crippen LogP contribution in [0.1, 0.15) is 26.7 Å². The number of nitrogens with zero attached hydrogens (tertiary/aromatic N) is 1. The number of likely N-dealkylation sites (N-methyl/N-ethyl adjacent to an activating group) is 1. The minimum atomic E-state index is -0.275. The summed E-state index contributed by atoms with van der Waals surface area (Å²) in [5.74, 6) is 0.842. The van der Waals surface area contributed by atoms with E-state index in [-0.39, 0.29) is 12.1 Å². The monoisotopic (exact) mass is 201 g/mol. The van der Waals surface area contributed by atoms with Crippen molar-refractivity contribution < 1.29 is 9.84 Å². The number of hydrogen-bond acceptors (Lipinski definition) is 3. The highest BCUT2D eigenvalue weighted by atomic mass is 16.5. The minimum Gasteiger partial charge on any atom is -0.392 e. The van der Waals surface area contributed by atoms with E-state index in [1.165, 1.54) is 12.8 Å². The first-order valence-corrected chi connectivity index (χ1v) is 5.57. The van der Waals surface area contributed by atoms with Gasteiger partial charge in [-0.2, -0.15) is 0 Å². The van der Waals surface area contributed by atoms with Gasteiger partial charge in [0.25, 0.3) is 0 Å². The number of ether oxygens (including phenoxy) is 1. The Morgan fingerprint density at radius 3 is 2.57 bits per heavy atom. The van der Waals surface area contributed by atoms with E-state index < -0.39 is 0 Å². The van der Waals surface area contributed by atoms with Crippen molar-refractivity contribution in [2.45, 2.75) is 38.8 Å². The van der Waals surface area contributed by atoms with E-state index in [0.29, 0.717) is 0 Å². The van der Waals surface area contributed by atoms with Crippen molar-refractivity contribution in [3.05, 3.63) is 0 Å². The number of rotatable bonds is 7. The molecule has 1 fully saturated rings. The van der Waals surface area contributed by atoms with Crippen molar-refractivity contribution in [2.24, 2.45) is 5.92 Å². The zero-order valence-corrected chi connectivity index (χ0v) is 9.57. The van der Waals surface area contributed by atoms with Crippen LogP contribution < -0.4 is 0 Å². The second-order valence-electron chi connectivity index (χ2n) is 4.48. The highest BCUT2D eigenvalue weighted by Crippen LogP contribution is 2.28. The molecule has 84 valence electrons. The summed E-state index contributed by atoms with van der Waals surface area (Å²) in [6.45, 7) is 6.47. The molecule has 0 bridgehead atoms. The summed E-state index contributed by atoms with van der Waals surface area (Å²) in [4.78, 5) is 2.14. The molecule has 0 radical (unpaired) electrons. The molecule has 14 heavy (non-hydrogen) atoms. The first-order chi connectivity index (χ1) is 6.61. The fourth-order valence-electron chi connectivity index (χ4n) is 1.31. The van der Waals surface area contributed by atoms with E-state index in [2.05, 4.69) is 4.90 Å². The lowest BCUT2D eigenvalue weighted by Gasteiger charge is -2.26. The van der Waals surface area contributed by atoms with Gasteiger partial charge in [-0.15, -0.1) is 0 Å². The Labute approximate surface area is 87.1 Å². The van der Waals surface area contributed by atoms with Crippen molar-refractivity contribution in [1.82, 2.24) is 4.90 Å². The molecule has 1 saturated carbocycles. The van der Waals surface area contributed by atoms with E-state index >= 15 is 0 Å². The molecule has 3 nitrogen and oxygen atoms in total. The molecule has 3 heteroatoms. The van der Waals surface area contributed by atoms with Crippen LogP contribution in [-0.4, -0.2) is 49.0 Å². The molecule has 0 amide bonds. The van der Waals surface area contributed by atoms with Crippen LogP contribution >= 0.6 is 0 Å². The van der Waals surface area contributed by atoms with Crippen molar-refractivity contribution in [3.8, 4) is 0 Å². The van der Waals surface area contributed by atoms with E-state index in [1.807, 2.05) is 20.9 Å². The van der Waals surface area contributed by atoms with Crippen molar-refractivity contribution in [2.75, 3.05) is 26.8 Å². The van der Waals surface area contributed by atoms with Gasteiger partial charge in [0, 0.05) is 19.2 Å². The third-order valence-electron chi connectivity index (χ3n) is 3.03. The summed E-state index contributed by atoms with van der Waals surface area (Å²) in [6.07, 6.45) is 2.42. The number of aliphatic hydroxyl groups excluding tert-OH is 1. The molecule has 2 atom stereocenters. The molecule has 1 rings (SSSR count). The van der Waals surface area contributed by atoms with Crippen molar-refractivity contribution >= 4 is 0 Å². The van der Waals surface area contributed by atoms with Crippen LogP contribution in [0.4, 0.5) is 0 Å². The Morgan fingerprint density at radius 1 is 1.43 bits per heavy atom. The Morgan fingerprint density at radius 2 is 2.07 bits per heavy atom. The largest absolute Gasteiger partial charge is 0.392 e. The average molecular weight is 201 g/mol. The highest BCUT2D eigenvalue weighted by molar-refractivity contribution is 4.72. The van der Waals surface area contributed by atoms with Crippen LogP contribution in [0.15, 0.2) is 0 Å². The molecule has 1 N–H and O–H groups in total. The SMILES string of the molecule is CC(O)C(C)N(C)CCOCC1CC1. The van der Waals surface area contributed by atoms with Gasteiger partial charge in [-0.3, -0.25) is 4.90 Å². The minimum absolute atomic E-state index is 0.208. The topological polar surface area (TPSA) is 32.7 Å². The van der Waals surface area contributed by atoms with Gasteiger partial charge in [-0.05, 0) is 39.7 Å². The molecule has 0 saturated heterocycles. The Bertz CT molecular complexity index is 157. The zero-order valence-electron chi connectivity index (χ0n) is 9.57. The first-order valence-electron chi connectivity index (χ1n) is 5.57. The average Bonchev–Trinajstić information content (AvgIpc) is 2.94. The van der Waals surface area contributed by atoms with Gasteiger partial charge in [0.2, 0.25) is 0 Å². The second kappa shape index (κ2) is 5.69. The van der Waals surface area contributed by atoms with E-state index in [1.54, 1.807) is 0 Å². The van der Waals surface area contributed by atoms with Crippen molar-refractivity contribution in [3.63, 3.8) is 0 Å². The maximum Gasteiger partial charge on any atom is 0.0664 e. The number of aliphatic hydroxyl groups is 1. The molecule has 1 aliphatic rings. The van der Waals surface area contributed by atoms with E-state index in [4.69, 9.17) is 4.74 Å². The fraction of sp³-hybridized carbons (Fsp3) is 1.00. The van der Waals surface area contributed by atoms with Crippen LogP contribution in [0.25, 0.3) is 0 Å². The lowest BCUT2D eigenvalue weighted by molar-refractivity contribution is 0.0534. The summed E-state index contributed by atoms with van der Waals surface area (Å²) in [6, 6.07) is 0.208. The lowest BCUT2D eigenvalue weighted by atomic mass is 10.2. The highest BCUT2D eigenvalue weighted by Gasteiger charge is 2.21. The van der Waals surface area contributed by atoms with Crippen LogP contribution in [0.3, 0.4) is 0 Å². The molecule has 2 unspecified atom stereocenters. The summed E-state index contributed by atoms with van der Waals surface area (Å²) >= 11 is 0. The Balaban J connectivity index is 1.98. The maximum atomic E-state index is 9.36. The van der Waals surface area contributed by atoms with Gasteiger partial charge in [0.05, 0.1) is 12.7 Å². The van der Waals surface area contributed by atoms with Gasteiger partial charge < -0.3 is 9.84 Å². The molecular formula is C11H23NO2. The van der Waals surface area contributed by atoms with Gasteiger partial charge >= 0.3 is 0 Å². The lowest BCUT2D eigenvalue weighted by Crippen LogP contribution is -2.39. The third kappa shape index (κ3) is 4.40. The van der Waals surface area contributed by atoms with Gasteiger partial charge in [0.15, 0.2) is 0 Å². The molecule has 1 aliphatic carbocycles. The standard InChI is InChI=1S/C11H23NO2/c1-9(10(2)13)12(3)6-7-14-8-11-4-5-11/h9-11,13H,4-8H2,1-3H3. The predicted molar refractivity (Wildman–Crippen MR) is 57.3 cm³/mol. The van der Waals surface area contributed by atoms with Crippen LogP contribution in [0.2, 0.25) is 0 Å². The van der Waals surface area contributed by atoms with Crippen LogP contribution in [-0.2, 0) is 4.74 Å².